The van der Waals surface area contributed by atoms with Gasteiger partial charge in [0.05, 0.1) is 6.61 Å². The van der Waals surface area contributed by atoms with Crippen LogP contribution in [0, 0.1) is 5.92 Å². The lowest BCUT2D eigenvalue weighted by molar-refractivity contribution is -0.140. The van der Waals surface area contributed by atoms with Gasteiger partial charge in [-0.2, -0.15) is 0 Å². The molecule has 1 aliphatic heterocycles. The lowest BCUT2D eigenvalue weighted by Gasteiger charge is -2.38. The van der Waals surface area contributed by atoms with Crippen molar-refractivity contribution in [3.8, 4) is 0 Å². The van der Waals surface area contributed by atoms with Crippen molar-refractivity contribution >= 4 is 5.91 Å². The van der Waals surface area contributed by atoms with E-state index >= 15 is 0 Å². The van der Waals surface area contributed by atoms with Crippen LogP contribution in [0.2, 0.25) is 0 Å². The van der Waals surface area contributed by atoms with Crippen molar-refractivity contribution in [3.05, 3.63) is 0 Å². The molecule has 0 aromatic heterocycles. The molecule has 2 fully saturated rings. The number of carbonyl (C=O) groups excluding carboxylic acids is 1. The molecular formula is C12H22N2O2. The maximum Gasteiger partial charge on any atom is 0.225 e. The Balaban J connectivity index is 1.69. The summed E-state index contributed by atoms with van der Waals surface area (Å²) in [6.45, 7) is 5.58. The van der Waals surface area contributed by atoms with E-state index in [0.29, 0.717) is 11.8 Å². The molecule has 0 unspecified atom stereocenters. The number of hydrogen-bond donors (Lipinski definition) is 0. The lowest BCUT2D eigenvalue weighted by Crippen LogP contribution is -2.51. The van der Waals surface area contributed by atoms with Gasteiger partial charge in [0.25, 0.3) is 0 Å². The Kier molecular flexibility index (Phi) is 4.18. The molecule has 2 rings (SSSR count). The number of hydrogen-bond acceptors (Lipinski definition) is 3. The zero-order valence-electron chi connectivity index (χ0n) is 10.2. The lowest BCUT2D eigenvalue weighted by atomic mass is 9.84. The van der Waals surface area contributed by atoms with Crippen molar-refractivity contribution in [1.29, 1.82) is 0 Å². The van der Waals surface area contributed by atoms with Gasteiger partial charge < -0.3 is 9.64 Å². The van der Waals surface area contributed by atoms with Crippen molar-refractivity contribution in [3.63, 3.8) is 0 Å². The minimum atomic E-state index is 0.352. The van der Waals surface area contributed by atoms with E-state index < -0.39 is 0 Å². The average Bonchev–Trinajstić information content (AvgIpc) is 2.24. The topological polar surface area (TPSA) is 32.8 Å². The number of carbonyl (C=O) groups is 1. The minimum Gasteiger partial charge on any atom is -0.383 e. The summed E-state index contributed by atoms with van der Waals surface area (Å²) in [6, 6.07) is 0. The molecule has 16 heavy (non-hydrogen) atoms. The van der Waals surface area contributed by atoms with E-state index in [9.17, 15) is 4.79 Å². The molecule has 0 N–H and O–H groups in total. The van der Waals surface area contributed by atoms with Gasteiger partial charge in [0.15, 0.2) is 0 Å². The summed E-state index contributed by atoms with van der Waals surface area (Å²) in [5.74, 6) is 0.753. The molecule has 1 aliphatic carbocycles. The molecule has 0 atom stereocenters. The van der Waals surface area contributed by atoms with E-state index in [0.717, 1.165) is 52.2 Å². The molecule has 0 aromatic rings. The van der Waals surface area contributed by atoms with E-state index in [1.54, 1.807) is 7.11 Å². The monoisotopic (exact) mass is 226 g/mol. The molecule has 1 saturated heterocycles. The Labute approximate surface area is 97.5 Å². The number of nitrogens with zero attached hydrogens (tertiary/aromatic N) is 2. The van der Waals surface area contributed by atoms with E-state index in [2.05, 4.69) is 4.90 Å². The minimum absolute atomic E-state index is 0.352. The molecule has 4 heteroatoms. The Morgan fingerprint density at radius 1 is 1.25 bits per heavy atom. The molecule has 2 aliphatic rings. The molecule has 4 nitrogen and oxygen atoms in total. The average molecular weight is 226 g/mol. The predicted octanol–water partition coefficient (Wildman–Crippen LogP) is 0.577. The Morgan fingerprint density at radius 3 is 2.44 bits per heavy atom. The normalized spacial score (nSPS) is 23.2. The van der Waals surface area contributed by atoms with Gasteiger partial charge in [0, 0.05) is 45.8 Å². The van der Waals surface area contributed by atoms with Crippen LogP contribution in [0.25, 0.3) is 0 Å². The van der Waals surface area contributed by atoms with Gasteiger partial charge in [-0.15, -0.1) is 0 Å². The van der Waals surface area contributed by atoms with E-state index in [1.165, 1.54) is 6.42 Å². The van der Waals surface area contributed by atoms with Crippen molar-refractivity contribution in [2.24, 2.45) is 5.92 Å². The number of piperazine rings is 1. The first-order valence-electron chi connectivity index (χ1n) is 6.31. The van der Waals surface area contributed by atoms with Crippen molar-refractivity contribution in [2.45, 2.75) is 19.3 Å². The first-order chi connectivity index (χ1) is 7.81. The van der Waals surface area contributed by atoms with Crippen LogP contribution in [-0.4, -0.2) is 62.1 Å². The largest absolute Gasteiger partial charge is 0.383 e. The van der Waals surface area contributed by atoms with Crippen molar-refractivity contribution in [1.82, 2.24) is 9.80 Å². The van der Waals surface area contributed by atoms with Gasteiger partial charge in [-0.25, -0.2) is 0 Å². The molecule has 92 valence electrons. The fraction of sp³-hybridized carbons (Fsp3) is 0.917. The first-order valence-corrected chi connectivity index (χ1v) is 6.31. The maximum absolute atomic E-state index is 12.0. The van der Waals surface area contributed by atoms with Crippen LogP contribution in [0.4, 0.5) is 0 Å². The summed E-state index contributed by atoms with van der Waals surface area (Å²) in [4.78, 5) is 16.4. The van der Waals surface area contributed by atoms with Gasteiger partial charge in [-0.05, 0) is 12.8 Å². The van der Waals surface area contributed by atoms with Crippen molar-refractivity contribution < 1.29 is 9.53 Å². The van der Waals surface area contributed by atoms with Crippen LogP contribution >= 0.6 is 0 Å². The van der Waals surface area contributed by atoms with Crippen LogP contribution in [0.5, 0.6) is 0 Å². The summed E-state index contributed by atoms with van der Waals surface area (Å²) in [7, 11) is 1.73. The van der Waals surface area contributed by atoms with Gasteiger partial charge >= 0.3 is 0 Å². The third-order valence-corrected chi connectivity index (χ3v) is 3.75. The highest BCUT2D eigenvalue weighted by Crippen LogP contribution is 2.28. The second-order valence-electron chi connectivity index (χ2n) is 4.79. The van der Waals surface area contributed by atoms with Crippen LogP contribution in [0.15, 0.2) is 0 Å². The van der Waals surface area contributed by atoms with Crippen LogP contribution in [-0.2, 0) is 9.53 Å². The van der Waals surface area contributed by atoms with E-state index in [-0.39, 0.29) is 0 Å². The van der Waals surface area contributed by atoms with Crippen molar-refractivity contribution in [2.75, 3.05) is 46.4 Å². The molecule has 0 bridgehead atoms. The summed E-state index contributed by atoms with van der Waals surface area (Å²) in [6.07, 6.45) is 3.47. The van der Waals surface area contributed by atoms with E-state index in [4.69, 9.17) is 4.74 Å². The summed E-state index contributed by atoms with van der Waals surface area (Å²) >= 11 is 0. The Morgan fingerprint density at radius 2 is 1.94 bits per heavy atom. The number of ether oxygens (including phenoxy) is 1. The number of amides is 1. The van der Waals surface area contributed by atoms with Crippen LogP contribution < -0.4 is 0 Å². The summed E-state index contributed by atoms with van der Waals surface area (Å²) in [5.41, 5.74) is 0. The molecule has 0 aromatic carbocycles. The highest BCUT2D eigenvalue weighted by molar-refractivity contribution is 5.79. The second kappa shape index (κ2) is 5.64. The molecule has 1 amide bonds. The van der Waals surface area contributed by atoms with Crippen LogP contribution in [0.3, 0.4) is 0 Å². The molecule has 0 radical (unpaired) electrons. The van der Waals surface area contributed by atoms with Gasteiger partial charge in [-0.1, -0.05) is 6.42 Å². The fourth-order valence-electron chi connectivity index (χ4n) is 2.33. The smallest absolute Gasteiger partial charge is 0.225 e. The van der Waals surface area contributed by atoms with Gasteiger partial charge in [0.2, 0.25) is 5.91 Å². The quantitative estimate of drug-likeness (QED) is 0.703. The summed E-state index contributed by atoms with van der Waals surface area (Å²) in [5, 5.41) is 0. The number of methoxy groups -OCH3 is 1. The van der Waals surface area contributed by atoms with Gasteiger partial charge in [0.1, 0.15) is 0 Å². The third kappa shape index (κ3) is 2.74. The number of rotatable bonds is 4. The highest BCUT2D eigenvalue weighted by atomic mass is 16.5. The standard InChI is InChI=1S/C12H22N2O2/c1-16-10-9-13-5-7-14(8-6-13)12(15)11-3-2-4-11/h11H,2-10H2,1H3. The first kappa shape index (κ1) is 11.9. The molecular weight excluding hydrogens is 204 g/mol. The summed E-state index contributed by atoms with van der Waals surface area (Å²) < 4.78 is 5.06. The molecule has 1 saturated carbocycles. The van der Waals surface area contributed by atoms with Crippen LogP contribution in [0.1, 0.15) is 19.3 Å². The fourth-order valence-corrected chi connectivity index (χ4v) is 2.33. The molecule has 1 heterocycles. The SMILES string of the molecule is COCCN1CCN(C(=O)C2CCC2)CC1. The van der Waals surface area contributed by atoms with Gasteiger partial charge in [-0.3, -0.25) is 9.69 Å². The molecule has 0 spiro atoms. The third-order valence-electron chi connectivity index (χ3n) is 3.75. The Hall–Kier alpha value is -0.610. The maximum atomic E-state index is 12.0. The predicted molar refractivity (Wildman–Crippen MR) is 62.2 cm³/mol. The second-order valence-corrected chi connectivity index (χ2v) is 4.79. The highest BCUT2D eigenvalue weighted by Gasteiger charge is 2.30. The zero-order valence-corrected chi connectivity index (χ0v) is 10.2. The Bertz CT molecular complexity index is 233. The zero-order chi connectivity index (χ0) is 11.4. The van der Waals surface area contributed by atoms with E-state index in [1.807, 2.05) is 4.90 Å².